The summed E-state index contributed by atoms with van der Waals surface area (Å²) in [6.07, 6.45) is -1.20. The fraction of sp³-hybridized carbons (Fsp3) is 0.786. The van der Waals surface area contributed by atoms with Crippen molar-refractivity contribution in [2.75, 3.05) is 20.3 Å². The molecule has 0 saturated heterocycles. The highest BCUT2D eigenvalue weighted by atomic mass is 19.1. The molecule has 110 valence electrons. The van der Waals surface area contributed by atoms with Crippen molar-refractivity contribution in [2.45, 2.75) is 39.0 Å². The van der Waals surface area contributed by atoms with Gasteiger partial charge in [-0.3, -0.25) is 4.79 Å². The molecule has 0 radical (unpaired) electrons. The first kappa shape index (κ1) is 16.0. The number of rotatable bonds is 6. The molecule has 4 atom stereocenters. The van der Waals surface area contributed by atoms with Gasteiger partial charge in [0.15, 0.2) is 0 Å². The summed E-state index contributed by atoms with van der Waals surface area (Å²) in [6.45, 7) is 8.19. The summed E-state index contributed by atoms with van der Waals surface area (Å²) >= 11 is 0. The summed E-state index contributed by atoms with van der Waals surface area (Å²) in [5.41, 5.74) is 0. The van der Waals surface area contributed by atoms with E-state index < -0.39 is 18.2 Å². The minimum absolute atomic E-state index is 0.0914. The van der Waals surface area contributed by atoms with Crippen LogP contribution in [0.1, 0.15) is 26.7 Å². The molecule has 0 aromatic carbocycles. The van der Waals surface area contributed by atoms with Crippen LogP contribution >= 0.6 is 0 Å². The molecule has 0 bridgehead atoms. The lowest BCUT2D eigenvalue weighted by atomic mass is 9.76. The molecular formula is C14H23FO4. The van der Waals surface area contributed by atoms with E-state index in [0.717, 1.165) is 0 Å². The van der Waals surface area contributed by atoms with Crippen LogP contribution in [-0.4, -0.2) is 38.6 Å². The van der Waals surface area contributed by atoms with Gasteiger partial charge in [-0.25, -0.2) is 4.39 Å². The number of halogens is 1. The van der Waals surface area contributed by atoms with Crippen LogP contribution in [0.5, 0.6) is 0 Å². The van der Waals surface area contributed by atoms with E-state index in [-0.39, 0.29) is 24.9 Å². The van der Waals surface area contributed by atoms with Crippen LogP contribution in [0.4, 0.5) is 4.39 Å². The fourth-order valence-electron chi connectivity index (χ4n) is 2.52. The molecule has 19 heavy (non-hydrogen) atoms. The second kappa shape index (κ2) is 7.48. The molecule has 0 aromatic heterocycles. The molecule has 0 amide bonds. The van der Waals surface area contributed by atoms with Crippen LogP contribution in [0.25, 0.3) is 0 Å². The third kappa shape index (κ3) is 3.93. The Morgan fingerprint density at radius 3 is 2.37 bits per heavy atom. The molecule has 0 N–H and O–H groups in total. The van der Waals surface area contributed by atoms with Crippen LogP contribution in [0.3, 0.4) is 0 Å². The quantitative estimate of drug-likeness (QED) is 0.551. The number of hydrogen-bond acceptors (Lipinski definition) is 4. The topological polar surface area (TPSA) is 44.8 Å². The number of carbonyl (C=O) groups is 1. The summed E-state index contributed by atoms with van der Waals surface area (Å²) in [6, 6.07) is 0. The number of methoxy groups -OCH3 is 1. The number of carbonyl (C=O) groups excluding carboxylic acids is 1. The van der Waals surface area contributed by atoms with Gasteiger partial charge in [-0.15, -0.1) is 0 Å². The van der Waals surface area contributed by atoms with Gasteiger partial charge in [0.25, 0.3) is 0 Å². The average molecular weight is 274 g/mol. The van der Waals surface area contributed by atoms with Gasteiger partial charge in [0.2, 0.25) is 0 Å². The van der Waals surface area contributed by atoms with E-state index in [4.69, 9.17) is 14.2 Å². The van der Waals surface area contributed by atoms with Crippen LogP contribution < -0.4 is 0 Å². The zero-order valence-corrected chi connectivity index (χ0v) is 11.9. The summed E-state index contributed by atoms with van der Waals surface area (Å²) in [7, 11) is 1.47. The fourth-order valence-corrected chi connectivity index (χ4v) is 2.52. The van der Waals surface area contributed by atoms with E-state index in [9.17, 15) is 9.18 Å². The van der Waals surface area contributed by atoms with Crippen molar-refractivity contribution >= 4 is 5.97 Å². The molecule has 5 heteroatoms. The van der Waals surface area contributed by atoms with Gasteiger partial charge in [-0.1, -0.05) is 6.58 Å². The molecule has 1 aliphatic rings. The SMILES string of the molecule is C=C(OCC)C1CC(OC)C(F)CC1C(=O)OCC. The van der Waals surface area contributed by atoms with Crippen molar-refractivity contribution in [3.05, 3.63) is 12.3 Å². The molecule has 1 aliphatic carbocycles. The maximum absolute atomic E-state index is 13.9. The Morgan fingerprint density at radius 2 is 1.84 bits per heavy atom. The van der Waals surface area contributed by atoms with Crippen molar-refractivity contribution in [3.8, 4) is 0 Å². The molecule has 4 nitrogen and oxygen atoms in total. The maximum Gasteiger partial charge on any atom is 0.309 e. The smallest absolute Gasteiger partial charge is 0.309 e. The predicted octanol–water partition coefficient (Wildman–Crippen LogP) is 2.48. The average Bonchev–Trinajstić information content (AvgIpc) is 2.38. The van der Waals surface area contributed by atoms with E-state index in [2.05, 4.69) is 6.58 Å². The van der Waals surface area contributed by atoms with E-state index in [0.29, 0.717) is 18.8 Å². The van der Waals surface area contributed by atoms with Gasteiger partial charge in [-0.05, 0) is 26.7 Å². The summed E-state index contributed by atoms with van der Waals surface area (Å²) < 4.78 is 29.4. The van der Waals surface area contributed by atoms with Crippen LogP contribution in [0, 0.1) is 11.8 Å². The van der Waals surface area contributed by atoms with Gasteiger partial charge < -0.3 is 14.2 Å². The largest absolute Gasteiger partial charge is 0.499 e. The Kier molecular flexibility index (Phi) is 6.28. The third-order valence-electron chi connectivity index (χ3n) is 3.49. The molecular weight excluding hydrogens is 251 g/mol. The third-order valence-corrected chi connectivity index (χ3v) is 3.49. The Balaban J connectivity index is 2.83. The first-order chi connectivity index (χ1) is 9.04. The van der Waals surface area contributed by atoms with Gasteiger partial charge in [0.1, 0.15) is 6.17 Å². The zero-order chi connectivity index (χ0) is 14.4. The minimum atomic E-state index is -1.16. The van der Waals surface area contributed by atoms with E-state index >= 15 is 0 Å². The maximum atomic E-state index is 13.9. The highest BCUT2D eigenvalue weighted by Crippen LogP contribution is 2.38. The number of alkyl halides is 1. The lowest BCUT2D eigenvalue weighted by Crippen LogP contribution is -2.42. The number of allylic oxidation sites excluding steroid dienone is 1. The van der Waals surface area contributed by atoms with Crippen LogP contribution in [0.15, 0.2) is 12.3 Å². The van der Waals surface area contributed by atoms with Gasteiger partial charge in [0.05, 0.1) is 31.0 Å². The van der Waals surface area contributed by atoms with Crippen molar-refractivity contribution in [3.63, 3.8) is 0 Å². The van der Waals surface area contributed by atoms with Crippen LogP contribution in [0.2, 0.25) is 0 Å². The molecule has 0 aliphatic heterocycles. The molecule has 0 heterocycles. The van der Waals surface area contributed by atoms with Crippen molar-refractivity contribution in [1.29, 1.82) is 0 Å². The second-order valence-corrected chi connectivity index (χ2v) is 4.63. The van der Waals surface area contributed by atoms with Gasteiger partial charge in [0, 0.05) is 13.0 Å². The van der Waals surface area contributed by atoms with Crippen molar-refractivity contribution in [1.82, 2.24) is 0 Å². The van der Waals surface area contributed by atoms with E-state index in [1.807, 2.05) is 6.92 Å². The van der Waals surface area contributed by atoms with Gasteiger partial charge in [-0.2, -0.15) is 0 Å². The summed E-state index contributed by atoms with van der Waals surface area (Å²) in [5.74, 6) is -0.670. The van der Waals surface area contributed by atoms with Gasteiger partial charge >= 0.3 is 5.97 Å². The Labute approximate surface area is 113 Å². The summed E-state index contributed by atoms with van der Waals surface area (Å²) in [5, 5.41) is 0. The van der Waals surface area contributed by atoms with Crippen LogP contribution in [-0.2, 0) is 19.0 Å². The summed E-state index contributed by atoms with van der Waals surface area (Å²) in [4.78, 5) is 11.9. The number of ether oxygens (including phenoxy) is 3. The van der Waals surface area contributed by atoms with E-state index in [1.54, 1.807) is 6.92 Å². The van der Waals surface area contributed by atoms with Crippen molar-refractivity contribution < 1.29 is 23.4 Å². The Hall–Kier alpha value is -1.10. The highest BCUT2D eigenvalue weighted by Gasteiger charge is 2.43. The monoisotopic (exact) mass is 274 g/mol. The lowest BCUT2D eigenvalue weighted by Gasteiger charge is -2.36. The second-order valence-electron chi connectivity index (χ2n) is 4.63. The predicted molar refractivity (Wildman–Crippen MR) is 69.3 cm³/mol. The molecule has 1 saturated carbocycles. The molecule has 4 unspecified atom stereocenters. The van der Waals surface area contributed by atoms with E-state index in [1.165, 1.54) is 7.11 Å². The number of hydrogen-bond donors (Lipinski definition) is 0. The Morgan fingerprint density at radius 1 is 1.21 bits per heavy atom. The molecule has 0 aromatic rings. The standard InChI is InChI=1S/C14H23FO4/c1-5-18-9(3)10-8-13(17-4)12(15)7-11(10)14(16)19-6-2/h10-13H,3,5-8H2,1-2,4H3. The lowest BCUT2D eigenvalue weighted by molar-refractivity contribution is -0.155. The molecule has 1 rings (SSSR count). The number of esters is 1. The minimum Gasteiger partial charge on any atom is -0.499 e. The first-order valence-corrected chi connectivity index (χ1v) is 6.70. The molecule has 1 fully saturated rings. The Bertz CT molecular complexity index is 319. The highest BCUT2D eigenvalue weighted by molar-refractivity contribution is 5.73. The van der Waals surface area contributed by atoms with Crippen molar-refractivity contribution in [2.24, 2.45) is 11.8 Å². The zero-order valence-electron chi connectivity index (χ0n) is 11.9. The molecule has 0 spiro atoms. The first-order valence-electron chi connectivity index (χ1n) is 6.70. The normalized spacial score (nSPS) is 30.7.